The first kappa shape index (κ1) is 21.8. The number of amides is 3. The monoisotopic (exact) mass is 441 g/mol. The fourth-order valence-electron chi connectivity index (χ4n) is 3.93. The standard InChI is InChI=1S/C21H27N7O4/c1-2-22-20(30)18-24-12-16-19(26-18)28(14-5-3-8-27(16)13-14)21(31)25-17-11-15(6-7-23-17)32-10-4-9-29/h6-7,11-12,14,29H,2-5,8-10,13H2,1H3,(H,22,30)(H,23,25,31). The Labute approximate surface area is 185 Å². The molecule has 0 aromatic carbocycles. The molecule has 1 unspecified atom stereocenters. The van der Waals surface area contributed by atoms with Gasteiger partial charge >= 0.3 is 6.03 Å². The highest BCUT2D eigenvalue weighted by molar-refractivity contribution is 6.04. The lowest BCUT2D eigenvalue weighted by Crippen LogP contribution is -2.56. The highest BCUT2D eigenvalue weighted by Gasteiger charge is 2.39. The molecule has 2 aromatic rings. The number of urea groups is 1. The van der Waals surface area contributed by atoms with Gasteiger partial charge in [0.15, 0.2) is 5.82 Å². The van der Waals surface area contributed by atoms with E-state index in [0.717, 1.165) is 25.1 Å². The summed E-state index contributed by atoms with van der Waals surface area (Å²) in [5.41, 5.74) is 0.734. The zero-order chi connectivity index (χ0) is 22.5. The second-order valence-electron chi connectivity index (χ2n) is 7.61. The van der Waals surface area contributed by atoms with E-state index in [1.165, 1.54) is 0 Å². The van der Waals surface area contributed by atoms with Crippen molar-refractivity contribution in [2.75, 3.05) is 48.0 Å². The van der Waals surface area contributed by atoms with E-state index in [0.29, 0.717) is 43.5 Å². The number of nitrogens with one attached hydrogen (secondary N) is 2. The summed E-state index contributed by atoms with van der Waals surface area (Å²) in [6.07, 6.45) is 5.45. The van der Waals surface area contributed by atoms with Crippen LogP contribution in [0.5, 0.6) is 5.75 Å². The van der Waals surface area contributed by atoms with Crippen LogP contribution in [-0.2, 0) is 0 Å². The Hall–Kier alpha value is -3.47. The van der Waals surface area contributed by atoms with Crippen LogP contribution in [0.15, 0.2) is 24.5 Å². The van der Waals surface area contributed by atoms with Crippen LogP contribution in [0.25, 0.3) is 0 Å². The number of pyridine rings is 1. The number of nitrogens with zero attached hydrogens (tertiary/aromatic N) is 5. The van der Waals surface area contributed by atoms with E-state index in [9.17, 15) is 9.59 Å². The zero-order valence-electron chi connectivity index (χ0n) is 18.0. The number of aliphatic hydroxyl groups is 1. The van der Waals surface area contributed by atoms with Gasteiger partial charge in [0.2, 0.25) is 5.82 Å². The van der Waals surface area contributed by atoms with Crippen molar-refractivity contribution in [1.82, 2.24) is 20.3 Å². The van der Waals surface area contributed by atoms with Crippen molar-refractivity contribution in [1.29, 1.82) is 0 Å². The van der Waals surface area contributed by atoms with Crippen LogP contribution in [0.3, 0.4) is 0 Å². The maximum absolute atomic E-state index is 13.3. The van der Waals surface area contributed by atoms with Crippen molar-refractivity contribution in [3.63, 3.8) is 0 Å². The predicted molar refractivity (Wildman–Crippen MR) is 118 cm³/mol. The summed E-state index contributed by atoms with van der Waals surface area (Å²) in [7, 11) is 0. The number of anilines is 3. The Morgan fingerprint density at radius 1 is 1.34 bits per heavy atom. The summed E-state index contributed by atoms with van der Waals surface area (Å²) in [5.74, 6) is 0.963. The topological polar surface area (TPSA) is 133 Å². The number of carbonyl (C=O) groups excluding carboxylic acids is 2. The minimum Gasteiger partial charge on any atom is -0.493 e. The molecular formula is C21H27N7O4. The Balaban J connectivity index is 1.59. The van der Waals surface area contributed by atoms with Gasteiger partial charge in [0.05, 0.1) is 24.5 Å². The third kappa shape index (κ3) is 4.57. The van der Waals surface area contributed by atoms with Crippen molar-refractivity contribution in [3.8, 4) is 5.75 Å². The molecule has 1 atom stereocenters. The van der Waals surface area contributed by atoms with Crippen molar-refractivity contribution < 1.29 is 19.4 Å². The maximum atomic E-state index is 13.3. The lowest BCUT2D eigenvalue weighted by molar-refractivity contribution is 0.0945. The second kappa shape index (κ2) is 9.77. The number of ether oxygens (including phenoxy) is 1. The summed E-state index contributed by atoms with van der Waals surface area (Å²) >= 11 is 0. The SMILES string of the molecule is CCNC(=O)c1ncc2c(n1)N(C(=O)Nc1cc(OCCCO)ccn1)C1CCCN2C1. The van der Waals surface area contributed by atoms with Crippen molar-refractivity contribution >= 4 is 29.3 Å². The molecule has 1 saturated heterocycles. The van der Waals surface area contributed by atoms with Crippen LogP contribution >= 0.6 is 0 Å². The average molecular weight is 441 g/mol. The second-order valence-corrected chi connectivity index (χ2v) is 7.61. The molecule has 11 nitrogen and oxygen atoms in total. The first-order valence-electron chi connectivity index (χ1n) is 10.8. The fraction of sp³-hybridized carbons (Fsp3) is 0.476. The first-order valence-corrected chi connectivity index (χ1v) is 10.8. The summed E-state index contributed by atoms with van der Waals surface area (Å²) in [5, 5.41) is 14.4. The quantitative estimate of drug-likeness (QED) is 0.549. The third-order valence-electron chi connectivity index (χ3n) is 5.38. The number of hydrogen-bond acceptors (Lipinski definition) is 8. The molecular weight excluding hydrogens is 414 g/mol. The Morgan fingerprint density at radius 2 is 2.22 bits per heavy atom. The largest absolute Gasteiger partial charge is 0.493 e. The molecule has 0 radical (unpaired) electrons. The van der Waals surface area contributed by atoms with Crippen molar-refractivity contribution in [2.45, 2.75) is 32.2 Å². The normalized spacial score (nSPS) is 16.9. The number of rotatable bonds is 7. The maximum Gasteiger partial charge on any atom is 0.329 e. The van der Waals surface area contributed by atoms with Gasteiger partial charge in [0.25, 0.3) is 5.91 Å². The Bertz CT molecular complexity index is 986. The molecule has 2 aliphatic heterocycles. The summed E-state index contributed by atoms with van der Waals surface area (Å²) < 4.78 is 5.56. The highest BCUT2D eigenvalue weighted by atomic mass is 16.5. The summed E-state index contributed by atoms with van der Waals surface area (Å²) in [6, 6.07) is 2.87. The summed E-state index contributed by atoms with van der Waals surface area (Å²) in [6.45, 7) is 4.23. The molecule has 11 heteroatoms. The zero-order valence-corrected chi connectivity index (χ0v) is 18.0. The highest BCUT2D eigenvalue weighted by Crippen LogP contribution is 2.37. The number of carbonyl (C=O) groups is 2. The molecule has 0 spiro atoms. The van der Waals surface area contributed by atoms with Crippen LogP contribution in [0.1, 0.15) is 36.8 Å². The van der Waals surface area contributed by atoms with Gasteiger partial charge in [0, 0.05) is 44.9 Å². The van der Waals surface area contributed by atoms with E-state index in [1.807, 2.05) is 6.92 Å². The smallest absolute Gasteiger partial charge is 0.329 e. The molecule has 2 aliphatic rings. The fourth-order valence-corrected chi connectivity index (χ4v) is 3.93. The van der Waals surface area contributed by atoms with Crippen LogP contribution in [0.4, 0.5) is 22.1 Å². The number of piperidine rings is 1. The predicted octanol–water partition coefficient (Wildman–Crippen LogP) is 1.40. The van der Waals surface area contributed by atoms with Crippen molar-refractivity contribution in [2.24, 2.45) is 0 Å². The third-order valence-corrected chi connectivity index (χ3v) is 5.38. The van der Waals surface area contributed by atoms with Gasteiger partial charge < -0.3 is 20.1 Å². The van der Waals surface area contributed by atoms with Crippen LogP contribution in [0.2, 0.25) is 0 Å². The van der Waals surface area contributed by atoms with E-state index < -0.39 is 0 Å². The Morgan fingerprint density at radius 3 is 3.03 bits per heavy atom. The molecule has 3 N–H and O–H groups in total. The van der Waals surface area contributed by atoms with Crippen LogP contribution < -0.4 is 25.2 Å². The number of aliphatic hydroxyl groups excluding tert-OH is 1. The summed E-state index contributed by atoms with van der Waals surface area (Å²) in [4.78, 5) is 42.3. The van der Waals surface area contributed by atoms with E-state index in [2.05, 4.69) is 30.5 Å². The molecule has 2 bridgehead atoms. The van der Waals surface area contributed by atoms with Crippen LogP contribution in [0, 0.1) is 0 Å². The minimum absolute atomic E-state index is 0.0296. The van der Waals surface area contributed by atoms with Gasteiger partial charge in [-0.15, -0.1) is 0 Å². The van der Waals surface area contributed by atoms with Gasteiger partial charge in [-0.3, -0.25) is 15.0 Å². The van der Waals surface area contributed by atoms with Gasteiger partial charge in [-0.05, 0) is 25.8 Å². The van der Waals surface area contributed by atoms with Gasteiger partial charge in [-0.2, -0.15) is 0 Å². The molecule has 170 valence electrons. The van der Waals surface area contributed by atoms with Crippen LogP contribution in [-0.4, -0.2) is 70.9 Å². The van der Waals surface area contributed by atoms with E-state index in [4.69, 9.17) is 9.84 Å². The van der Waals surface area contributed by atoms with E-state index in [-0.39, 0.29) is 30.4 Å². The molecule has 0 saturated carbocycles. The van der Waals surface area contributed by atoms with Gasteiger partial charge in [-0.25, -0.2) is 19.7 Å². The lowest BCUT2D eigenvalue weighted by Gasteiger charge is -2.45. The number of fused-ring (bicyclic) bond motifs is 4. The molecule has 2 aromatic heterocycles. The molecule has 32 heavy (non-hydrogen) atoms. The first-order chi connectivity index (χ1) is 15.6. The molecule has 0 aliphatic carbocycles. The number of aromatic nitrogens is 3. The van der Waals surface area contributed by atoms with E-state index in [1.54, 1.807) is 29.4 Å². The van der Waals surface area contributed by atoms with Gasteiger partial charge in [0.1, 0.15) is 11.6 Å². The number of hydrogen-bond donors (Lipinski definition) is 3. The minimum atomic E-state index is -0.379. The molecule has 4 rings (SSSR count). The average Bonchev–Trinajstić information content (AvgIpc) is 2.79. The van der Waals surface area contributed by atoms with Crippen molar-refractivity contribution in [3.05, 3.63) is 30.4 Å². The lowest BCUT2D eigenvalue weighted by atomic mass is 10.0. The Kier molecular flexibility index (Phi) is 6.64. The molecule has 3 amide bonds. The van der Waals surface area contributed by atoms with E-state index >= 15 is 0 Å². The molecule has 4 heterocycles. The molecule has 1 fully saturated rings. The van der Waals surface area contributed by atoms with Gasteiger partial charge in [-0.1, -0.05) is 0 Å².